The van der Waals surface area contributed by atoms with Crippen LogP contribution < -0.4 is 10.1 Å². The summed E-state index contributed by atoms with van der Waals surface area (Å²) >= 11 is 3.41. The molecule has 2 rings (SSSR count). The van der Waals surface area contributed by atoms with Gasteiger partial charge in [0.25, 0.3) is 0 Å². The van der Waals surface area contributed by atoms with Crippen LogP contribution in [0.1, 0.15) is 6.92 Å². The molecule has 0 spiro atoms. The lowest BCUT2D eigenvalue weighted by molar-refractivity contribution is 0.0342. The summed E-state index contributed by atoms with van der Waals surface area (Å²) in [5, 5.41) is 3.49. The van der Waals surface area contributed by atoms with Crippen LogP contribution in [0.15, 0.2) is 28.7 Å². The zero-order valence-electron chi connectivity index (χ0n) is 12.0. The third kappa shape index (κ3) is 5.79. The van der Waals surface area contributed by atoms with Crippen LogP contribution in [0.25, 0.3) is 0 Å². The molecule has 1 aliphatic heterocycles. The standard InChI is InChI=1S/C15H23BrN2O2/c1-13(12-18-7-10-19-11-8-18)17-6-9-20-15-4-2-14(16)3-5-15/h2-5,13,17H,6-12H2,1H3. The zero-order chi connectivity index (χ0) is 14.2. The van der Waals surface area contributed by atoms with Crippen molar-refractivity contribution in [2.24, 2.45) is 0 Å². The summed E-state index contributed by atoms with van der Waals surface area (Å²) in [6.07, 6.45) is 0. The molecule has 1 saturated heterocycles. The predicted octanol–water partition coefficient (Wildman–Crippen LogP) is 2.14. The molecule has 1 aliphatic rings. The van der Waals surface area contributed by atoms with E-state index < -0.39 is 0 Å². The molecule has 112 valence electrons. The molecule has 1 atom stereocenters. The molecule has 0 bridgehead atoms. The van der Waals surface area contributed by atoms with Crippen molar-refractivity contribution in [3.05, 3.63) is 28.7 Å². The van der Waals surface area contributed by atoms with E-state index in [0.717, 1.165) is 49.6 Å². The van der Waals surface area contributed by atoms with Gasteiger partial charge >= 0.3 is 0 Å². The fraction of sp³-hybridized carbons (Fsp3) is 0.600. The number of benzene rings is 1. The monoisotopic (exact) mass is 342 g/mol. The molecule has 0 amide bonds. The van der Waals surface area contributed by atoms with Crippen LogP contribution in [0.3, 0.4) is 0 Å². The molecular formula is C15H23BrN2O2. The van der Waals surface area contributed by atoms with E-state index in [1.54, 1.807) is 0 Å². The van der Waals surface area contributed by atoms with E-state index in [9.17, 15) is 0 Å². The first-order valence-corrected chi connectivity index (χ1v) is 7.95. The summed E-state index contributed by atoms with van der Waals surface area (Å²) in [5.74, 6) is 0.913. The minimum atomic E-state index is 0.474. The fourth-order valence-electron chi connectivity index (χ4n) is 2.24. The molecule has 0 saturated carbocycles. The van der Waals surface area contributed by atoms with Crippen molar-refractivity contribution in [2.75, 3.05) is 46.0 Å². The van der Waals surface area contributed by atoms with Crippen LogP contribution in [-0.4, -0.2) is 56.9 Å². The highest BCUT2D eigenvalue weighted by molar-refractivity contribution is 9.10. The maximum atomic E-state index is 5.68. The third-order valence-electron chi connectivity index (χ3n) is 3.31. The molecular weight excluding hydrogens is 320 g/mol. The second-order valence-electron chi connectivity index (χ2n) is 5.07. The Hall–Kier alpha value is -0.620. The van der Waals surface area contributed by atoms with Gasteiger partial charge in [0.1, 0.15) is 12.4 Å². The highest BCUT2D eigenvalue weighted by Gasteiger charge is 2.12. The molecule has 4 nitrogen and oxygen atoms in total. The second kappa shape index (κ2) is 8.62. The number of halogens is 1. The van der Waals surface area contributed by atoms with Gasteiger partial charge in [-0.2, -0.15) is 0 Å². The van der Waals surface area contributed by atoms with E-state index in [2.05, 4.69) is 33.1 Å². The Morgan fingerprint density at radius 2 is 2.00 bits per heavy atom. The van der Waals surface area contributed by atoms with Gasteiger partial charge in [-0.1, -0.05) is 15.9 Å². The molecule has 5 heteroatoms. The number of rotatable bonds is 7. The van der Waals surface area contributed by atoms with Crippen LogP contribution >= 0.6 is 15.9 Å². The first kappa shape index (κ1) is 15.8. The summed E-state index contributed by atoms with van der Waals surface area (Å²) in [4.78, 5) is 2.44. The number of nitrogens with zero attached hydrogens (tertiary/aromatic N) is 1. The van der Waals surface area contributed by atoms with Crippen molar-refractivity contribution < 1.29 is 9.47 Å². The smallest absolute Gasteiger partial charge is 0.119 e. The lowest BCUT2D eigenvalue weighted by Gasteiger charge is -2.29. The SMILES string of the molecule is CC(CN1CCOCC1)NCCOc1ccc(Br)cc1. The number of nitrogens with one attached hydrogen (secondary N) is 1. The zero-order valence-corrected chi connectivity index (χ0v) is 13.6. The molecule has 1 N–H and O–H groups in total. The van der Waals surface area contributed by atoms with Gasteiger partial charge in [-0.25, -0.2) is 0 Å². The van der Waals surface area contributed by atoms with Crippen molar-refractivity contribution in [3.63, 3.8) is 0 Å². The number of hydrogen-bond donors (Lipinski definition) is 1. The van der Waals surface area contributed by atoms with Crippen LogP contribution in [0.2, 0.25) is 0 Å². The molecule has 0 aliphatic carbocycles. The average Bonchev–Trinajstić information content (AvgIpc) is 2.46. The van der Waals surface area contributed by atoms with E-state index >= 15 is 0 Å². The Kier molecular flexibility index (Phi) is 6.79. The maximum absolute atomic E-state index is 5.68. The topological polar surface area (TPSA) is 33.7 Å². The van der Waals surface area contributed by atoms with Gasteiger partial charge in [0.05, 0.1) is 13.2 Å². The summed E-state index contributed by atoms with van der Waals surface area (Å²) in [6.45, 7) is 8.65. The van der Waals surface area contributed by atoms with Crippen molar-refractivity contribution >= 4 is 15.9 Å². The van der Waals surface area contributed by atoms with Crippen LogP contribution in [0.5, 0.6) is 5.75 Å². The highest BCUT2D eigenvalue weighted by atomic mass is 79.9. The Bertz CT molecular complexity index is 380. The Balaban J connectivity index is 1.56. The van der Waals surface area contributed by atoms with E-state index in [1.807, 2.05) is 24.3 Å². The molecule has 1 fully saturated rings. The maximum Gasteiger partial charge on any atom is 0.119 e. The molecule has 1 heterocycles. The van der Waals surface area contributed by atoms with Gasteiger partial charge in [-0.3, -0.25) is 4.90 Å². The lowest BCUT2D eigenvalue weighted by Crippen LogP contribution is -2.45. The van der Waals surface area contributed by atoms with E-state index in [4.69, 9.17) is 9.47 Å². The van der Waals surface area contributed by atoms with Crippen molar-refractivity contribution in [2.45, 2.75) is 13.0 Å². The van der Waals surface area contributed by atoms with Crippen molar-refractivity contribution in [3.8, 4) is 5.75 Å². The molecule has 1 aromatic rings. The van der Waals surface area contributed by atoms with Crippen LogP contribution in [0.4, 0.5) is 0 Å². The number of morpholine rings is 1. The molecule has 1 aromatic carbocycles. The van der Waals surface area contributed by atoms with E-state index in [1.165, 1.54) is 0 Å². The molecule has 0 radical (unpaired) electrons. The average molecular weight is 343 g/mol. The summed E-state index contributed by atoms with van der Waals surface area (Å²) in [5.41, 5.74) is 0. The minimum absolute atomic E-state index is 0.474. The van der Waals surface area contributed by atoms with Crippen molar-refractivity contribution in [1.82, 2.24) is 10.2 Å². The van der Waals surface area contributed by atoms with Gasteiger partial charge < -0.3 is 14.8 Å². The first-order valence-electron chi connectivity index (χ1n) is 7.16. The summed E-state index contributed by atoms with van der Waals surface area (Å²) < 4.78 is 12.1. The second-order valence-corrected chi connectivity index (χ2v) is 5.99. The summed E-state index contributed by atoms with van der Waals surface area (Å²) in [6, 6.07) is 8.40. The van der Waals surface area contributed by atoms with Gasteiger partial charge in [-0.15, -0.1) is 0 Å². The van der Waals surface area contributed by atoms with Gasteiger partial charge in [-0.05, 0) is 31.2 Å². The quantitative estimate of drug-likeness (QED) is 0.769. The normalized spacial score (nSPS) is 17.9. The molecule has 1 unspecified atom stereocenters. The Labute approximate surface area is 129 Å². The lowest BCUT2D eigenvalue weighted by atomic mass is 10.3. The number of hydrogen-bond acceptors (Lipinski definition) is 4. The minimum Gasteiger partial charge on any atom is -0.492 e. The summed E-state index contributed by atoms with van der Waals surface area (Å²) in [7, 11) is 0. The predicted molar refractivity (Wildman–Crippen MR) is 84.4 cm³/mol. The van der Waals surface area contributed by atoms with Gasteiger partial charge in [0.2, 0.25) is 0 Å². The number of ether oxygens (including phenoxy) is 2. The molecule has 20 heavy (non-hydrogen) atoms. The van der Waals surface area contributed by atoms with Crippen LogP contribution in [0, 0.1) is 0 Å². The first-order chi connectivity index (χ1) is 9.74. The highest BCUT2D eigenvalue weighted by Crippen LogP contribution is 2.15. The Morgan fingerprint density at radius 3 is 2.70 bits per heavy atom. The molecule has 0 aromatic heterocycles. The van der Waals surface area contributed by atoms with E-state index in [0.29, 0.717) is 12.6 Å². The largest absolute Gasteiger partial charge is 0.492 e. The third-order valence-corrected chi connectivity index (χ3v) is 3.84. The fourth-order valence-corrected chi connectivity index (χ4v) is 2.50. The van der Waals surface area contributed by atoms with Crippen LogP contribution in [-0.2, 0) is 4.74 Å². The van der Waals surface area contributed by atoms with Gasteiger partial charge in [0, 0.05) is 36.7 Å². The van der Waals surface area contributed by atoms with Crippen molar-refractivity contribution in [1.29, 1.82) is 0 Å². The van der Waals surface area contributed by atoms with E-state index in [-0.39, 0.29) is 0 Å². The Morgan fingerprint density at radius 1 is 1.30 bits per heavy atom. The van der Waals surface area contributed by atoms with Gasteiger partial charge in [0.15, 0.2) is 0 Å².